The van der Waals surface area contributed by atoms with Crippen LogP contribution in [0.5, 0.6) is 0 Å². The van der Waals surface area contributed by atoms with Gasteiger partial charge in [0.2, 0.25) is 0 Å². The van der Waals surface area contributed by atoms with Crippen LogP contribution in [0, 0.1) is 33.5 Å². The van der Waals surface area contributed by atoms with Crippen molar-refractivity contribution in [3.8, 4) is 0 Å². The van der Waals surface area contributed by atoms with E-state index in [0.717, 1.165) is 0 Å². The Kier molecular flexibility index (Phi) is 3.91. The molecular weight excluding hydrogens is 424 g/mol. The van der Waals surface area contributed by atoms with Crippen LogP contribution in [-0.4, -0.2) is 45.9 Å². The molecule has 2 saturated heterocycles. The number of carbonyl (C=O) groups excluding carboxylic acids is 2. The molecule has 0 unspecified atom stereocenters. The van der Waals surface area contributed by atoms with Crippen molar-refractivity contribution in [2.45, 2.75) is 77.5 Å². The minimum absolute atomic E-state index is 0.0379. The summed E-state index contributed by atoms with van der Waals surface area (Å²) in [5.74, 6) is -0.958. The Morgan fingerprint density at radius 3 is 2.45 bits per heavy atom. The number of fused-ring (bicyclic) bond motifs is 3. The Morgan fingerprint density at radius 2 is 1.79 bits per heavy atom. The summed E-state index contributed by atoms with van der Waals surface area (Å²) in [6.07, 6.45) is 4.30. The highest BCUT2D eigenvalue weighted by Crippen LogP contribution is 2.79. The molecule has 7 heteroatoms. The monoisotopic (exact) mass is 456 g/mol. The standard InChI is InChI=1S/C26H32O7/c1-22(2)15-10-17(29)25(5)18(23(15,3)8-6-16(22)28)14(27)11-24(4)19(13-7-9-31-12-13)32-21(30)20-26(24,25)33-20/h6-9,12,14-15,17-20,27,29H,10-11H2,1-5H3/t14-,15-,17+,18+,19-,20+,23-,24-,25+,26+/m0/s1. The molecule has 3 heterocycles. The average molecular weight is 457 g/mol. The van der Waals surface area contributed by atoms with Gasteiger partial charge in [-0.2, -0.15) is 0 Å². The third kappa shape index (κ3) is 2.14. The van der Waals surface area contributed by atoms with Crippen LogP contribution < -0.4 is 0 Å². The van der Waals surface area contributed by atoms with Crippen molar-refractivity contribution in [3.63, 3.8) is 0 Å². The van der Waals surface area contributed by atoms with Crippen molar-refractivity contribution in [2.24, 2.45) is 33.5 Å². The number of allylic oxidation sites excluding steroid dienone is 2. The summed E-state index contributed by atoms with van der Waals surface area (Å²) in [5.41, 5.74) is -3.20. The lowest BCUT2D eigenvalue weighted by Gasteiger charge is -2.69. The van der Waals surface area contributed by atoms with Crippen molar-refractivity contribution in [1.82, 2.24) is 0 Å². The molecule has 2 N–H and O–H groups in total. The first-order chi connectivity index (χ1) is 15.4. The molecule has 10 atom stereocenters. The number of esters is 1. The molecule has 1 aromatic rings. The number of rotatable bonds is 1. The van der Waals surface area contributed by atoms with Crippen LogP contribution in [0.3, 0.4) is 0 Å². The van der Waals surface area contributed by atoms with Crippen LogP contribution in [0.2, 0.25) is 0 Å². The number of hydrogen-bond acceptors (Lipinski definition) is 7. The number of aliphatic hydroxyl groups is 2. The van der Waals surface area contributed by atoms with E-state index in [9.17, 15) is 19.8 Å². The van der Waals surface area contributed by atoms with Gasteiger partial charge in [-0.1, -0.05) is 40.7 Å². The fourth-order valence-corrected chi connectivity index (χ4v) is 9.02. The molecule has 0 amide bonds. The first-order valence-electron chi connectivity index (χ1n) is 11.9. The van der Waals surface area contributed by atoms with Gasteiger partial charge in [0.05, 0.1) is 24.7 Å². The largest absolute Gasteiger partial charge is 0.472 e. The SMILES string of the molecule is CC1(C)C(=O)C=C[C@]2(C)[C@H]3[C@@H](O)C[C@@]4(C)[C@H](c5ccoc5)OC(=O)[C@H]5O[C@]54[C@]3(C)[C@H](O)C[C@@H]12. The minimum Gasteiger partial charge on any atom is -0.472 e. The summed E-state index contributed by atoms with van der Waals surface area (Å²) < 4.78 is 17.5. The van der Waals surface area contributed by atoms with Gasteiger partial charge in [0.1, 0.15) is 11.7 Å². The summed E-state index contributed by atoms with van der Waals surface area (Å²) in [7, 11) is 0. The summed E-state index contributed by atoms with van der Waals surface area (Å²) in [5, 5.41) is 23.6. The molecule has 1 spiro atoms. The predicted octanol–water partition coefficient (Wildman–Crippen LogP) is 2.96. The van der Waals surface area contributed by atoms with Crippen LogP contribution in [0.1, 0.15) is 59.1 Å². The number of ketones is 1. The smallest absolute Gasteiger partial charge is 0.339 e. The number of aliphatic hydroxyl groups excluding tert-OH is 2. The predicted molar refractivity (Wildman–Crippen MR) is 116 cm³/mol. The Morgan fingerprint density at radius 1 is 1.06 bits per heavy atom. The van der Waals surface area contributed by atoms with E-state index in [2.05, 4.69) is 6.92 Å². The van der Waals surface area contributed by atoms with E-state index in [4.69, 9.17) is 13.9 Å². The van der Waals surface area contributed by atoms with E-state index in [1.54, 1.807) is 18.4 Å². The van der Waals surface area contributed by atoms with E-state index in [1.807, 2.05) is 33.8 Å². The molecule has 3 aliphatic carbocycles. The van der Waals surface area contributed by atoms with Gasteiger partial charge in [-0.05, 0) is 36.3 Å². The first-order valence-corrected chi connectivity index (χ1v) is 11.9. The maximum Gasteiger partial charge on any atom is 0.339 e. The zero-order valence-corrected chi connectivity index (χ0v) is 19.7. The van der Waals surface area contributed by atoms with E-state index in [-0.39, 0.29) is 11.7 Å². The lowest BCUT2D eigenvalue weighted by atomic mass is 9.35. The lowest BCUT2D eigenvalue weighted by Crippen LogP contribution is -2.75. The van der Waals surface area contributed by atoms with Gasteiger partial charge in [-0.25, -0.2) is 4.79 Å². The average Bonchev–Trinajstić information content (AvgIpc) is 3.31. The second-order valence-electron chi connectivity index (χ2n) is 12.1. The number of cyclic esters (lactones) is 1. The molecule has 2 aliphatic heterocycles. The highest BCUT2D eigenvalue weighted by molar-refractivity contribution is 5.95. The normalized spacial score (nSPS) is 53.9. The summed E-state index contributed by atoms with van der Waals surface area (Å²) >= 11 is 0. The Balaban J connectivity index is 1.56. The van der Waals surface area contributed by atoms with Crippen LogP contribution in [0.25, 0.3) is 0 Å². The maximum atomic E-state index is 13.1. The van der Waals surface area contributed by atoms with Crippen molar-refractivity contribution in [1.29, 1.82) is 0 Å². The molecule has 178 valence electrons. The van der Waals surface area contributed by atoms with Crippen LogP contribution >= 0.6 is 0 Å². The van der Waals surface area contributed by atoms with Gasteiger partial charge in [-0.15, -0.1) is 0 Å². The third-order valence-corrected chi connectivity index (χ3v) is 10.5. The third-order valence-electron chi connectivity index (χ3n) is 10.5. The van der Waals surface area contributed by atoms with Gasteiger partial charge < -0.3 is 24.1 Å². The fraction of sp³-hybridized carbons (Fsp3) is 0.692. The molecule has 6 rings (SSSR count). The van der Waals surface area contributed by atoms with Crippen molar-refractivity contribution in [2.75, 3.05) is 0 Å². The molecule has 7 nitrogen and oxygen atoms in total. The van der Waals surface area contributed by atoms with Crippen LogP contribution in [-0.2, 0) is 19.1 Å². The molecule has 4 fully saturated rings. The van der Waals surface area contributed by atoms with E-state index >= 15 is 0 Å². The lowest BCUT2D eigenvalue weighted by molar-refractivity contribution is -0.274. The summed E-state index contributed by atoms with van der Waals surface area (Å²) in [6, 6.07) is 1.77. The topological polar surface area (TPSA) is 110 Å². The summed E-state index contributed by atoms with van der Waals surface area (Å²) in [4.78, 5) is 25.8. The van der Waals surface area contributed by atoms with Gasteiger partial charge in [0, 0.05) is 27.7 Å². The van der Waals surface area contributed by atoms with Gasteiger partial charge >= 0.3 is 5.97 Å². The van der Waals surface area contributed by atoms with Gasteiger partial charge in [0.15, 0.2) is 11.9 Å². The molecule has 2 saturated carbocycles. The number of carbonyl (C=O) groups is 2. The molecule has 0 aromatic carbocycles. The highest BCUT2D eigenvalue weighted by atomic mass is 16.7. The highest BCUT2D eigenvalue weighted by Gasteiger charge is 2.89. The van der Waals surface area contributed by atoms with Gasteiger partial charge in [-0.3, -0.25) is 4.79 Å². The quantitative estimate of drug-likeness (QED) is 0.494. The molecule has 1 aromatic heterocycles. The number of epoxide rings is 1. The zero-order valence-electron chi connectivity index (χ0n) is 19.7. The molecule has 0 bridgehead atoms. The van der Waals surface area contributed by atoms with E-state index in [1.165, 1.54) is 6.26 Å². The second kappa shape index (κ2) is 5.99. The molecule has 5 aliphatic rings. The number of hydrogen-bond donors (Lipinski definition) is 2. The Bertz CT molecular complexity index is 1070. The number of ether oxygens (including phenoxy) is 2. The van der Waals surface area contributed by atoms with Crippen LogP contribution in [0.15, 0.2) is 35.2 Å². The van der Waals surface area contributed by atoms with Gasteiger partial charge in [0.25, 0.3) is 0 Å². The molecule has 33 heavy (non-hydrogen) atoms. The van der Waals surface area contributed by atoms with E-state index in [0.29, 0.717) is 18.4 Å². The Hall–Kier alpha value is -1.96. The Labute approximate surface area is 193 Å². The fourth-order valence-electron chi connectivity index (χ4n) is 9.02. The maximum absolute atomic E-state index is 13.1. The van der Waals surface area contributed by atoms with E-state index < -0.39 is 63.6 Å². The summed E-state index contributed by atoms with van der Waals surface area (Å²) in [6.45, 7) is 9.90. The second-order valence-corrected chi connectivity index (χ2v) is 12.1. The molecule has 0 radical (unpaired) electrons. The van der Waals surface area contributed by atoms with Crippen LogP contribution in [0.4, 0.5) is 0 Å². The zero-order chi connectivity index (χ0) is 23.8. The molecular formula is C26H32O7. The number of furan rings is 1. The first kappa shape index (κ1) is 21.6. The van der Waals surface area contributed by atoms with Crippen molar-refractivity contribution < 1.29 is 33.7 Å². The minimum atomic E-state index is -0.992. The van der Waals surface area contributed by atoms with Crippen molar-refractivity contribution in [3.05, 3.63) is 36.3 Å². The van der Waals surface area contributed by atoms with Crippen molar-refractivity contribution >= 4 is 11.8 Å².